The highest BCUT2D eigenvalue weighted by molar-refractivity contribution is 5.84. The smallest absolute Gasteiger partial charge is 0.313 e. The third kappa shape index (κ3) is 7.06. The van der Waals surface area contributed by atoms with Crippen LogP contribution in [0.25, 0.3) is 0 Å². The van der Waals surface area contributed by atoms with Crippen LogP contribution in [0.2, 0.25) is 0 Å². The Bertz CT molecular complexity index is 708. The number of carbonyl (C=O) groups excluding carboxylic acids is 2. The Morgan fingerprint density at radius 2 is 1.47 bits per heavy atom. The van der Waals surface area contributed by atoms with Crippen LogP contribution in [0.5, 0.6) is 0 Å². The number of rotatable bonds is 11. The number of hydrogen-bond acceptors (Lipinski definition) is 5. The molecule has 0 aromatic heterocycles. The van der Waals surface area contributed by atoms with Crippen molar-refractivity contribution in [1.29, 1.82) is 0 Å². The molecule has 168 valence electrons. The van der Waals surface area contributed by atoms with Gasteiger partial charge in [0, 0.05) is 17.8 Å². The highest BCUT2D eigenvalue weighted by atomic mass is 16.5. The van der Waals surface area contributed by atoms with Crippen LogP contribution in [0.15, 0.2) is 42.2 Å². The van der Waals surface area contributed by atoms with E-state index in [-0.39, 0.29) is 29.7 Å². The van der Waals surface area contributed by atoms with E-state index in [1.165, 1.54) is 0 Å². The molecule has 5 nitrogen and oxygen atoms in total. The minimum atomic E-state index is -0.748. The molecular formula is C25H38O5. The molecule has 0 radical (unpaired) electrons. The van der Waals surface area contributed by atoms with Gasteiger partial charge in [0.15, 0.2) is 0 Å². The summed E-state index contributed by atoms with van der Waals surface area (Å²) in [6, 6.07) is 9.79. The highest BCUT2D eigenvalue weighted by Crippen LogP contribution is 2.32. The van der Waals surface area contributed by atoms with Crippen LogP contribution in [0.1, 0.15) is 67.1 Å². The fraction of sp³-hybridized carbons (Fsp3) is 0.600. The average Bonchev–Trinajstić information content (AvgIpc) is 2.73. The van der Waals surface area contributed by atoms with Gasteiger partial charge < -0.3 is 14.6 Å². The summed E-state index contributed by atoms with van der Waals surface area (Å²) >= 11 is 0. The monoisotopic (exact) mass is 418 g/mol. The zero-order valence-electron chi connectivity index (χ0n) is 19.6. The summed E-state index contributed by atoms with van der Waals surface area (Å²) in [6.07, 6.45) is 0.223. The number of Topliss-reactive ketones (excluding diaryl/α,β-unsaturated/α-hetero) is 1. The standard InChI is InChI=1S/C25H38O5/c1-9-22(30-25(28)15(2)3)17(5)24(18(6)23(27)16(4)19(7)26)29-20(8)21-13-11-10-12-14-21/h9-20,24,26H,1-8H3/b22-9-/t16-,17-,18-,19-,20+,24-/m1/s1. The lowest BCUT2D eigenvalue weighted by Crippen LogP contribution is -2.40. The van der Waals surface area contributed by atoms with Gasteiger partial charge in [0.1, 0.15) is 11.5 Å². The summed E-state index contributed by atoms with van der Waals surface area (Å²) in [5.41, 5.74) is 0.999. The molecule has 30 heavy (non-hydrogen) atoms. The van der Waals surface area contributed by atoms with Gasteiger partial charge in [0.2, 0.25) is 0 Å². The molecule has 0 aliphatic carbocycles. The van der Waals surface area contributed by atoms with E-state index in [0.717, 1.165) is 5.56 Å². The molecule has 1 aromatic rings. The van der Waals surface area contributed by atoms with Crippen molar-refractivity contribution < 1.29 is 24.2 Å². The van der Waals surface area contributed by atoms with E-state index in [2.05, 4.69) is 0 Å². The molecule has 1 aromatic carbocycles. The van der Waals surface area contributed by atoms with E-state index < -0.39 is 24.0 Å². The molecule has 0 saturated heterocycles. The predicted octanol–water partition coefficient (Wildman–Crippen LogP) is 5.09. The van der Waals surface area contributed by atoms with Gasteiger partial charge in [-0.3, -0.25) is 9.59 Å². The van der Waals surface area contributed by atoms with Crippen molar-refractivity contribution in [1.82, 2.24) is 0 Å². The van der Waals surface area contributed by atoms with Gasteiger partial charge >= 0.3 is 5.97 Å². The van der Waals surface area contributed by atoms with Gasteiger partial charge in [-0.2, -0.15) is 0 Å². The Kier molecular flexibility index (Phi) is 10.4. The fourth-order valence-corrected chi connectivity index (χ4v) is 3.33. The molecule has 5 heteroatoms. The number of aliphatic hydroxyl groups is 1. The van der Waals surface area contributed by atoms with Crippen LogP contribution >= 0.6 is 0 Å². The Hall–Kier alpha value is -1.98. The van der Waals surface area contributed by atoms with E-state index >= 15 is 0 Å². The van der Waals surface area contributed by atoms with Crippen molar-refractivity contribution >= 4 is 11.8 Å². The molecule has 0 aliphatic rings. The molecule has 0 aliphatic heterocycles. The van der Waals surface area contributed by atoms with E-state index in [1.807, 2.05) is 58.0 Å². The maximum atomic E-state index is 13.0. The lowest BCUT2D eigenvalue weighted by atomic mass is 9.83. The molecule has 6 atom stereocenters. The van der Waals surface area contributed by atoms with Gasteiger partial charge in [0.05, 0.1) is 24.2 Å². The summed E-state index contributed by atoms with van der Waals surface area (Å²) in [5, 5.41) is 9.91. The largest absolute Gasteiger partial charge is 0.431 e. The maximum Gasteiger partial charge on any atom is 0.313 e. The third-order valence-electron chi connectivity index (χ3n) is 5.66. The Labute approximate surface area is 181 Å². The van der Waals surface area contributed by atoms with Crippen LogP contribution < -0.4 is 0 Å². The van der Waals surface area contributed by atoms with Crippen LogP contribution in [0.3, 0.4) is 0 Å². The van der Waals surface area contributed by atoms with E-state index in [0.29, 0.717) is 5.76 Å². The van der Waals surface area contributed by atoms with Crippen LogP contribution in [-0.4, -0.2) is 29.1 Å². The van der Waals surface area contributed by atoms with Crippen molar-refractivity contribution in [2.45, 2.75) is 73.7 Å². The number of benzene rings is 1. The second-order valence-electron chi connectivity index (χ2n) is 8.43. The Morgan fingerprint density at radius 1 is 0.900 bits per heavy atom. The summed E-state index contributed by atoms with van der Waals surface area (Å²) in [6.45, 7) is 14.4. The quantitative estimate of drug-likeness (QED) is 0.400. The summed E-state index contributed by atoms with van der Waals surface area (Å²) in [4.78, 5) is 25.2. The first-order valence-electron chi connectivity index (χ1n) is 10.8. The second kappa shape index (κ2) is 12.0. The van der Waals surface area contributed by atoms with Gasteiger partial charge in [-0.15, -0.1) is 0 Å². The van der Waals surface area contributed by atoms with Crippen molar-refractivity contribution in [3.05, 3.63) is 47.7 Å². The summed E-state index contributed by atoms with van der Waals surface area (Å²) in [7, 11) is 0. The van der Waals surface area contributed by atoms with E-state index in [1.54, 1.807) is 33.8 Å². The highest BCUT2D eigenvalue weighted by Gasteiger charge is 2.37. The van der Waals surface area contributed by atoms with Gasteiger partial charge in [-0.1, -0.05) is 65.0 Å². The minimum absolute atomic E-state index is 0.0762. The number of aliphatic hydroxyl groups excluding tert-OH is 1. The molecule has 1 N–H and O–H groups in total. The Morgan fingerprint density at radius 3 is 1.93 bits per heavy atom. The Balaban J connectivity index is 3.20. The van der Waals surface area contributed by atoms with Crippen molar-refractivity contribution in [3.63, 3.8) is 0 Å². The lowest BCUT2D eigenvalue weighted by Gasteiger charge is -2.34. The number of esters is 1. The van der Waals surface area contributed by atoms with Gasteiger partial charge in [0.25, 0.3) is 0 Å². The molecule has 0 fully saturated rings. The fourth-order valence-electron chi connectivity index (χ4n) is 3.33. The molecule has 0 spiro atoms. The number of allylic oxidation sites excluding steroid dienone is 1. The van der Waals surface area contributed by atoms with E-state index in [4.69, 9.17) is 9.47 Å². The normalized spacial score (nSPS) is 18.3. The minimum Gasteiger partial charge on any atom is -0.431 e. The topological polar surface area (TPSA) is 72.8 Å². The molecule has 0 bridgehead atoms. The molecule has 0 saturated carbocycles. The molecule has 1 rings (SSSR count). The van der Waals surface area contributed by atoms with Gasteiger partial charge in [-0.05, 0) is 32.4 Å². The number of hydrogen-bond donors (Lipinski definition) is 1. The first-order chi connectivity index (χ1) is 14.0. The maximum absolute atomic E-state index is 13.0. The van der Waals surface area contributed by atoms with Crippen LogP contribution in [0.4, 0.5) is 0 Å². The number of ketones is 1. The van der Waals surface area contributed by atoms with E-state index in [9.17, 15) is 14.7 Å². The van der Waals surface area contributed by atoms with Crippen molar-refractivity contribution in [2.75, 3.05) is 0 Å². The van der Waals surface area contributed by atoms with Crippen molar-refractivity contribution in [2.24, 2.45) is 23.7 Å². The molecule has 0 amide bonds. The summed E-state index contributed by atoms with van der Waals surface area (Å²) < 4.78 is 12.0. The number of ether oxygens (including phenoxy) is 2. The second-order valence-corrected chi connectivity index (χ2v) is 8.43. The number of carbonyl (C=O) groups is 2. The predicted molar refractivity (Wildman–Crippen MR) is 119 cm³/mol. The zero-order chi connectivity index (χ0) is 23.0. The average molecular weight is 419 g/mol. The van der Waals surface area contributed by atoms with Gasteiger partial charge in [-0.25, -0.2) is 0 Å². The first-order valence-corrected chi connectivity index (χ1v) is 10.8. The van der Waals surface area contributed by atoms with Crippen LogP contribution in [-0.2, 0) is 19.1 Å². The SMILES string of the molecule is C/C=C(\OC(=O)C(C)C)[C@@H](C)[C@@H](O[C@@H](C)c1ccccc1)[C@H](C)C(=O)[C@H](C)[C@@H](C)O. The van der Waals surface area contributed by atoms with Crippen LogP contribution in [0, 0.1) is 23.7 Å². The molecular weight excluding hydrogens is 380 g/mol. The molecule has 0 heterocycles. The summed E-state index contributed by atoms with van der Waals surface area (Å²) in [5.74, 6) is -1.51. The molecule has 0 unspecified atom stereocenters. The lowest BCUT2D eigenvalue weighted by molar-refractivity contribution is -0.146. The van der Waals surface area contributed by atoms with Crippen molar-refractivity contribution in [3.8, 4) is 0 Å². The third-order valence-corrected chi connectivity index (χ3v) is 5.66. The first kappa shape index (κ1) is 26.1. The zero-order valence-corrected chi connectivity index (χ0v) is 19.6.